The van der Waals surface area contributed by atoms with Crippen molar-refractivity contribution in [2.24, 2.45) is 11.8 Å². The van der Waals surface area contributed by atoms with Gasteiger partial charge >= 0.3 is 0 Å². The van der Waals surface area contributed by atoms with Crippen LogP contribution in [0, 0.1) is 17.7 Å². The van der Waals surface area contributed by atoms with Crippen molar-refractivity contribution in [3.8, 4) is 0 Å². The molecule has 126 valence electrons. The van der Waals surface area contributed by atoms with Crippen LogP contribution in [0.1, 0.15) is 75.8 Å². The summed E-state index contributed by atoms with van der Waals surface area (Å²) in [6, 6.07) is 5.30. The molecule has 1 aromatic carbocycles. The van der Waals surface area contributed by atoms with Crippen LogP contribution in [0.15, 0.2) is 29.8 Å². The molecule has 1 saturated carbocycles. The Morgan fingerprint density at radius 2 is 1.74 bits per heavy atom. The van der Waals surface area contributed by atoms with Gasteiger partial charge in [0.15, 0.2) is 0 Å². The predicted molar refractivity (Wildman–Crippen MR) is 96.1 cm³/mol. The van der Waals surface area contributed by atoms with E-state index in [2.05, 4.69) is 13.0 Å². The van der Waals surface area contributed by atoms with Gasteiger partial charge < -0.3 is 0 Å². The molecule has 0 saturated heterocycles. The zero-order valence-corrected chi connectivity index (χ0v) is 14.6. The molecule has 3 rings (SSSR count). The van der Waals surface area contributed by atoms with Gasteiger partial charge in [-0.25, -0.2) is 4.39 Å². The monoisotopic (exact) mass is 314 g/mol. The number of hydrogen-bond acceptors (Lipinski definition) is 0. The largest absolute Gasteiger partial charge is 0.207 e. The lowest BCUT2D eigenvalue weighted by atomic mass is 9.77. The summed E-state index contributed by atoms with van der Waals surface area (Å²) >= 11 is 0. The number of halogens is 1. The minimum atomic E-state index is -0.0968. The van der Waals surface area contributed by atoms with Gasteiger partial charge in [0, 0.05) is 0 Å². The van der Waals surface area contributed by atoms with Crippen LogP contribution in [0.25, 0.3) is 0 Å². The summed E-state index contributed by atoms with van der Waals surface area (Å²) in [4.78, 5) is 0. The molecule has 0 radical (unpaired) electrons. The van der Waals surface area contributed by atoms with Crippen molar-refractivity contribution < 1.29 is 4.39 Å². The Labute approximate surface area is 141 Å². The average molecular weight is 314 g/mol. The molecule has 2 aliphatic carbocycles. The number of rotatable bonds is 6. The van der Waals surface area contributed by atoms with Crippen molar-refractivity contribution in [1.82, 2.24) is 0 Å². The van der Waals surface area contributed by atoms with Gasteiger partial charge in [0.25, 0.3) is 0 Å². The zero-order chi connectivity index (χ0) is 16.1. The van der Waals surface area contributed by atoms with E-state index in [0.29, 0.717) is 0 Å². The number of benzene rings is 1. The number of allylic oxidation sites excluding steroid dienone is 2. The number of unbranched alkanes of at least 4 members (excludes halogenated alkanes) is 1. The van der Waals surface area contributed by atoms with Crippen LogP contribution in [0.5, 0.6) is 0 Å². The van der Waals surface area contributed by atoms with Crippen molar-refractivity contribution in [3.63, 3.8) is 0 Å². The lowest BCUT2D eigenvalue weighted by Gasteiger charge is -2.29. The van der Waals surface area contributed by atoms with Gasteiger partial charge in [-0.1, -0.05) is 69.6 Å². The van der Waals surface area contributed by atoms with E-state index in [-0.39, 0.29) is 5.82 Å². The molecule has 0 bridgehead atoms. The van der Waals surface area contributed by atoms with Gasteiger partial charge in [-0.15, -0.1) is 0 Å². The summed E-state index contributed by atoms with van der Waals surface area (Å²) in [7, 11) is 0. The highest BCUT2D eigenvalue weighted by molar-refractivity contribution is 5.37. The number of fused-ring (bicyclic) bond motifs is 1. The SMILES string of the molecule is CCCCC1CCC(CCC2=CCc3cc(F)ccc3C2)CC1. The fourth-order valence-electron chi connectivity index (χ4n) is 4.41. The van der Waals surface area contributed by atoms with E-state index in [9.17, 15) is 4.39 Å². The smallest absolute Gasteiger partial charge is 0.123 e. The van der Waals surface area contributed by atoms with E-state index >= 15 is 0 Å². The maximum absolute atomic E-state index is 13.3. The molecule has 23 heavy (non-hydrogen) atoms. The van der Waals surface area contributed by atoms with Crippen LogP contribution < -0.4 is 0 Å². The lowest BCUT2D eigenvalue weighted by molar-refractivity contribution is 0.249. The van der Waals surface area contributed by atoms with E-state index in [1.807, 2.05) is 6.07 Å². The van der Waals surface area contributed by atoms with Crippen molar-refractivity contribution in [2.45, 2.75) is 77.6 Å². The molecule has 0 nitrogen and oxygen atoms in total. The Kier molecular flexibility index (Phi) is 5.91. The first-order valence-electron chi connectivity index (χ1n) is 9.69. The molecule has 0 N–H and O–H groups in total. The average Bonchev–Trinajstić information content (AvgIpc) is 2.59. The molecule has 1 aromatic rings. The molecule has 0 atom stereocenters. The van der Waals surface area contributed by atoms with Gasteiger partial charge in [-0.05, 0) is 60.8 Å². The minimum absolute atomic E-state index is 0.0968. The first-order chi connectivity index (χ1) is 11.2. The summed E-state index contributed by atoms with van der Waals surface area (Å²) in [6.07, 6.45) is 17.0. The van der Waals surface area contributed by atoms with Crippen LogP contribution in [0.4, 0.5) is 4.39 Å². The van der Waals surface area contributed by atoms with Crippen LogP contribution in [-0.2, 0) is 12.8 Å². The van der Waals surface area contributed by atoms with Gasteiger partial charge in [-0.3, -0.25) is 0 Å². The Balaban J connectivity index is 1.42. The van der Waals surface area contributed by atoms with Crippen molar-refractivity contribution in [2.75, 3.05) is 0 Å². The molecule has 0 spiro atoms. The summed E-state index contributed by atoms with van der Waals surface area (Å²) < 4.78 is 13.3. The maximum atomic E-state index is 13.3. The van der Waals surface area contributed by atoms with Gasteiger partial charge in [0.1, 0.15) is 5.82 Å². The third-order valence-electron chi connectivity index (χ3n) is 6.00. The second kappa shape index (κ2) is 8.13. The Hall–Kier alpha value is -1.11. The van der Waals surface area contributed by atoms with Crippen molar-refractivity contribution in [3.05, 3.63) is 46.8 Å². The Morgan fingerprint density at radius 1 is 1.00 bits per heavy atom. The van der Waals surface area contributed by atoms with E-state index < -0.39 is 0 Å². The Bertz CT molecular complexity index is 535. The second-order valence-corrected chi connectivity index (χ2v) is 7.72. The molecule has 2 aliphatic rings. The number of hydrogen-bond donors (Lipinski definition) is 0. The van der Waals surface area contributed by atoms with Gasteiger partial charge in [0.2, 0.25) is 0 Å². The summed E-state index contributed by atoms with van der Waals surface area (Å²) in [5.41, 5.74) is 4.11. The lowest BCUT2D eigenvalue weighted by Crippen LogP contribution is -2.15. The molecular weight excluding hydrogens is 283 g/mol. The topological polar surface area (TPSA) is 0 Å². The summed E-state index contributed by atoms with van der Waals surface area (Å²) in [5, 5.41) is 0. The van der Waals surface area contributed by atoms with E-state index in [1.54, 1.807) is 17.7 Å². The predicted octanol–water partition coefficient (Wildman–Crippen LogP) is 6.63. The van der Waals surface area contributed by atoms with Crippen LogP contribution in [0.2, 0.25) is 0 Å². The zero-order valence-electron chi connectivity index (χ0n) is 14.6. The first kappa shape index (κ1) is 16.7. The molecule has 1 fully saturated rings. The van der Waals surface area contributed by atoms with E-state index in [1.165, 1.54) is 68.9 Å². The van der Waals surface area contributed by atoms with E-state index in [0.717, 1.165) is 24.7 Å². The standard InChI is InChI=1S/C22H31F/c1-2-3-4-17-5-7-18(8-6-17)9-10-19-11-12-21-16-22(23)14-13-20(21)15-19/h11,13-14,16-18H,2-10,12,15H2,1H3. The first-order valence-corrected chi connectivity index (χ1v) is 9.69. The third-order valence-corrected chi connectivity index (χ3v) is 6.00. The van der Waals surface area contributed by atoms with Crippen LogP contribution in [-0.4, -0.2) is 0 Å². The normalized spacial score (nSPS) is 24.2. The van der Waals surface area contributed by atoms with E-state index in [4.69, 9.17) is 0 Å². The van der Waals surface area contributed by atoms with Crippen LogP contribution in [0.3, 0.4) is 0 Å². The molecule has 0 amide bonds. The molecule has 0 heterocycles. The molecular formula is C22H31F. The highest BCUT2D eigenvalue weighted by Gasteiger charge is 2.21. The van der Waals surface area contributed by atoms with Gasteiger partial charge in [0.05, 0.1) is 0 Å². The Morgan fingerprint density at radius 3 is 2.48 bits per heavy atom. The van der Waals surface area contributed by atoms with Gasteiger partial charge in [-0.2, -0.15) is 0 Å². The molecule has 0 aliphatic heterocycles. The summed E-state index contributed by atoms with van der Waals surface area (Å²) in [6.45, 7) is 2.30. The maximum Gasteiger partial charge on any atom is 0.123 e. The van der Waals surface area contributed by atoms with Crippen molar-refractivity contribution in [1.29, 1.82) is 0 Å². The summed E-state index contributed by atoms with van der Waals surface area (Å²) in [5.74, 6) is 1.87. The molecule has 0 aromatic heterocycles. The second-order valence-electron chi connectivity index (χ2n) is 7.72. The highest BCUT2D eigenvalue weighted by atomic mass is 19.1. The minimum Gasteiger partial charge on any atom is -0.207 e. The quantitative estimate of drug-likeness (QED) is 0.517. The molecule has 1 heteroatoms. The fraction of sp³-hybridized carbons (Fsp3) is 0.636. The van der Waals surface area contributed by atoms with Crippen LogP contribution >= 0.6 is 0 Å². The fourth-order valence-corrected chi connectivity index (χ4v) is 4.41. The van der Waals surface area contributed by atoms with Crippen molar-refractivity contribution >= 4 is 0 Å². The highest BCUT2D eigenvalue weighted by Crippen LogP contribution is 2.35. The molecule has 0 unspecified atom stereocenters. The third kappa shape index (κ3) is 4.68.